The molecule has 0 saturated carbocycles. The van der Waals surface area contributed by atoms with Crippen LogP contribution in [0.25, 0.3) is 11.4 Å². The Balaban J connectivity index is 2.38. The fourth-order valence-corrected chi connectivity index (χ4v) is 1.72. The molecule has 0 atom stereocenters. The summed E-state index contributed by atoms with van der Waals surface area (Å²) in [5.74, 6) is -0.430. The molecule has 2 aromatic heterocycles. The van der Waals surface area contributed by atoms with E-state index in [2.05, 4.69) is 9.97 Å². The molecule has 0 bridgehead atoms. The van der Waals surface area contributed by atoms with E-state index in [1.807, 2.05) is 0 Å². The standard InChI is InChI=1S/C14H11ClN2O3/c1-2-20-14(19)10-4-6-17-12(8-10)11-7-9(13(15)18)3-5-16-11/h3-8H,2H2,1H3. The maximum absolute atomic E-state index is 11.7. The zero-order valence-electron chi connectivity index (χ0n) is 10.7. The zero-order valence-corrected chi connectivity index (χ0v) is 11.4. The molecule has 5 nitrogen and oxygen atoms in total. The van der Waals surface area contributed by atoms with Gasteiger partial charge in [0.05, 0.1) is 23.6 Å². The Morgan fingerprint density at radius 1 is 1.10 bits per heavy atom. The second-order valence-electron chi connectivity index (χ2n) is 3.85. The average molecular weight is 291 g/mol. The normalized spacial score (nSPS) is 10.1. The largest absolute Gasteiger partial charge is 0.462 e. The maximum atomic E-state index is 11.7. The highest BCUT2D eigenvalue weighted by molar-refractivity contribution is 6.67. The molecule has 0 radical (unpaired) electrons. The van der Waals surface area contributed by atoms with Gasteiger partial charge in [0.15, 0.2) is 0 Å². The monoisotopic (exact) mass is 290 g/mol. The van der Waals surface area contributed by atoms with E-state index in [0.717, 1.165) is 0 Å². The van der Waals surface area contributed by atoms with E-state index in [9.17, 15) is 9.59 Å². The molecule has 102 valence electrons. The second kappa shape index (κ2) is 6.25. The first-order valence-electron chi connectivity index (χ1n) is 5.91. The quantitative estimate of drug-likeness (QED) is 0.639. The highest BCUT2D eigenvalue weighted by atomic mass is 35.5. The summed E-state index contributed by atoms with van der Waals surface area (Å²) in [5, 5.41) is -0.574. The Morgan fingerprint density at radius 3 is 2.20 bits per heavy atom. The SMILES string of the molecule is CCOC(=O)c1ccnc(-c2cc(C(=O)Cl)ccn2)c1. The summed E-state index contributed by atoms with van der Waals surface area (Å²) in [6.45, 7) is 2.03. The van der Waals surface area contributed by atoms with Crippen molar-refractivity contribution in [3.8, 4) is 11.4 Å². The lowest BCUT2D eigenvalue weighted by Crippen LogP contribution is -2.05. The number of ether oxygens (including phenoxy) is 1. The van der Waals surface area contributed by atoms with Crippen LogP contribution in [0, 0.1) is 0 Å². The van der Waals surface area contributed by atoms with Gasteiger partial charge in [-0.15, -0.1) is 0 Å². The van der Waals surface area contributed by atoms with Crippen LogP contribution in [0.2, 0.25) is 0 Å². The lowest BCUT2D eigenvalue weighted by molar-refractivity contribution is 0.0526. The molecule has 0 aliphatic rings. The molecule has 6 heteroatoms. The van der Waals surface area contributed by atoms with Gasteiger partial charge in [-0.1, -0.05) is 0 Å². The van der Waals surface area contributed by atoms with Crippen molar-refractivity contribution < 1.29 is 14.3 Å². The van der Waals surface area contributed by atoms with Crippen LogP contribution in [0.15, 0.2) is 36.7 Å². The topological polar surface area (TPSA) is 69.2 Å². The Kier molecular flexibility index (Phi) is 4.42. The van der Waals surface area contributed by atoms with Gasteiger partial charge in [-0.3, -0.25) is 14.8 Å². The first-order valence-corrected chi connectivity index (χ1v) is 6.29. The van der Waals surface area contributed by atoms with Crippen LogP contribution in [-0.4, -0.2) is 27.8 Å². The number of carbonyl (C=O) groups excluding carboxylic acids is 2. The van der Waals surface area contributed by atoms with Gasteiger partial charge >= 0.3 is 5.97 Å². The predicted molar refractivity (Wildman–Crippen MR) is 73.6 cm³/mol. The molecule has 2 rings (SSSR count). The Bertz CT molecular complexity index is 658. The van der Waals surface area contributed by atoms with E-state index >= 15 is 0 Å². The minimum Gasteiger partial charge on any atom is -0.462 e. The van der Waals surface area contributed by atoms with E-state index in [0.29, 0.717) is 29.1 Å². The van der Waals surface area contributed by atoms with Crippen molar-refractivity contribution in [1.29, 1.82) is 0 Å². The molecule has 0 aromatic carbocycles. The summed E-state index contributed by atoms with van der Waals surface area (Å²) in [5.41, 5.74) is 1.62. The number of halogens is 1. The molecule has 20 heavy (non-hydrogen) atoms. The number of aromatic nitrogens is 2. The smallest absolute Gasteiger partial charge is 0.338 e. The van der Waals surface area contributed by atoms with Gasteiger partial charge in [-0.25, -0.2) is 4.79 Å². The van der Waals surface area contributed by atoms with Crippen molar-refractivity contribution >= 4 is 22.8 Å². The van der Waals surface area contributed by atoms with Crippen molar-refractivity contribution in [3.63, 3.8) is 0 Å². The molecule has 2 aromatic rings. The van der Waals surface area contributed by atoms with Gasteiger partial charge in [-0.2, -0.15) is 0 Å². The van der Waals surface area contributed by atoms with Crippen LogP contribution in [0.1, 0.15) is 27.6 Å². The summed E-state index contributed by atoms with van der Waals surface area (Å²) >= 11 is 5.42. The summed E-state index contributed by atoms with van der Waals surface area (Å²) in [7, 11) is 0. The summed E-state index contributed by atoms with van der Waals surface area (Å²) in [6.07, 6.45) is 2.95. The molecule has 0 unspecified atom stereocenters. The minimum absolute atomic E-state index is 0.297. The number of hydrogen-bond acceptors (Lipinski definition) is 5. The summed E-state index contributed by atoms with van der Waals surface area (Å²) in [6, 6.07) is 6.14. The van der Waals surface area contributed by atoms with Crippen LogP contribution in [-0.2, 0) is 4.74 Å². The number of carbonyl (C=O) groups is 2. The summed E-state index contributed by atoms with van der Waals surface area (Å²) in [4.78, 5) is 31.0. The molecule has 0 aliphatic carbocycles. The zero-order chi connectivity index (χ0) is 14.5. The van der Waals surface area contributed by atoms with E-state index in [1.165, 1.54) is 24.5 Å². The van der Waals surface area contributed by atoms with Gasteiger partial charge in [-0.05, 0) is 42.8 Å². The third-order valence-corrected chi connectivity index (χ3v) is 2.74. The third-order valence-electron chi connectivity index (χ3n) is 2.52. The van der Waals surface area contributed by atoms with Gasteiger partial charge < -0.3 is 4.74 Å². The van der Waals surface area contributed by atoms with Gasteiger partial charge in [0.2, 0.25) is 0 Å². The highest BCUT2D eigenvalue weighted by Crippen LogP contribution is 2.18. The molecule has 0 fully saturated rings. The minimum atomic E-state index is -0.574. The van der Waals surface area contributed by atoms with E-state index in [1.54, 1.807) is 19.1 Å². The average Bonchev–Trinajstić information content (AvgIpc) is 2.48. The fraction of sp³-hybridized carbons (Fsp3) is 0.143. The van der Waals surface area contributed by atoms with Crippen molar-refractivity contribution in [2.75, 3.05) is 6.61 Å². The molecule has 0 N–H and O–H groups in total. The number of rotatable bonds is 4. The lowest BCUT2D eigenvalue weighted by Gasteiger charge is -2.04. The van der Waals surface area contributed by atoms with Gasteiger partial charge in [0.1, 0.15) is 0 Å². The van der Waals surface area contributed by atoms with Crippen molar-refractivity contribution in [3.05, 3.63) is 47.8 Å². The molecule has 2 heterocycles. The molecular formula is C14H11ClN2O3. The van der Waals surface area contributed by atoms with Gasteiger partial charge in [0, 0.05) is 18.0 Å². The number of pyridine rings is 2. The van der Waals surface area contributed by atoms with Crippen molar-refractivity contribution in [2.24, 2.45) is 0 Å². The van der Waals surface area contributed by atoms with E-state index < -0.39 is 11.2 Å². The number of hydrogen-bond donors (Lipinski definition) is 0. The molecule has 0 amide bonds. The van der Waals surface area contributed by atoms with Crippen LogP contribution < -0.4 is 0 Å². The predicted octanol–water partition coefficient (Wildman–Crippen LogP) is 2.70. The number of esters is 1. The van der Waals surface area contributed by atoms with Crippen LogP contribution >= 0.6 is 11.6 Å². The second-order valence-corrected chi connectivity index (χ2v) is 4.20. The Labute approximate surface area is 120 Å². The van der Waals surface area contributed by atoms with E-state index in [4.69, 9.17) is 16.3 Å². The first kappa shape index (κ1) is 14.1. The number of nitrogens with zero attached hydrogens (tertiary/aromatic N) is 2. The van der Waals surface area contributed by atoms with Crippen molar-refractivity contribution in [2.45, 2.75) is 6.92 Å². The third kappa shape index (κ3) is 3.19. The fourth-order valence-electron chi connectivity index (χ4n) is 1.60. The molecular weight excluding hydrogens is 280 g/mol. The van der Waals surface area contributed by atoms with Crippen molar-refractivity contribution in [1.82, 2.24) is 9.97 Å². The summed E-state index contributed by atoms with van der Waals surface area (Å²) < 4.78 is 4.92. The molecule has 0 spiro atoms. The molecule has 0 saturated heterocycles. The molecule has 0 aliphatic heterocycles. The Hall–Kier alpha value is -2.27. The first-order chi connectivity index (χ1) is 9.61. The van der Waals surface area contributed by atoms with Crippen LogP contribution in [0.4, 0.5) is 0 Å². The van der Waals surface area contributed by atoms with Crippen LogP contribution in [0.5, 0.6) is 0 Å². The Morgan fingerprint density at radius 2 is 1.65 bits per heavy atom. The van der Waals surface area contributed by atoms with Crippen LogP contribution in [0.3, 0.4) is 0 Å². The highest BCUT2D eigenvalue weighted by Gasteiger charge is 2.11. The van der Waals surface area contributed by atoms with Gasteiger partial charge in [0.25, 0.3) is 5.24 Å². The van der Waals surface area contributed by atoms with E-state index in [-0.39, 0.29) is 0 Å². The lowest BCUT2D eigenvalue weighted by atomic mass is 10.1. The maximum Gasteiger partial charge on any atom is 0.338 e.